The zero-order valence-corrected chi connectivity index (χ0v) is 13.7. The van der Waals surface area contributed by atoms with Crippen LogP contribution in [0.15, 0.2) is 54.3 Å². The van der Waals surface area contributed by atoms with E-state index in [0.717, 1.165) is 12.5 Å². The summed E-state index contributed by atoms with van der Waals surface area (Å²) in [5, 5.41) is 0. The second-order valence-corrected chi connectivity index (χ2v) is 7.10. The Morgan fingerprint density at radius 1 is 1.09 bits per heavy atom. The summed E-state index contributed by atoms with van der Waals surface area (Å²) >= 11 is 0. The summed E-state index contributed by atoms with van der Waals surface area (Å²) in [5.74, 6) is 2.10. The molecule has 2 heterocycles. The van der Waals surface area contributed by atoms with E-state index in [1.54, 1.807) is 0 Å². The highest BCUT2D eigenvalue weighted by Gasteiger charge is 2.29. The molecule has 0 spiro atoms. The van der Waals surface area contributed by atoms with Crippen molar-refractivity contribution in [1.29, 1.82) is 0 Å². The molecule has 0 radical (unpaired) electrons. The third-order valence-electron chi connectivity index (χ3n) is 5.74. The molecule has 4 rings (SSSR count). The van der Waals surface area contributed by atoms with Crippen LogP contribution in [-0.2, 0) is 0 Å². The Hall–Kier alpha value is -1.58. The first-order valence-electron chi connectivity index (χ1n) is 9.05. The van der Waals surface area contributed by atoms with Crippen molar-refractivity contribution < 1.29 is 0 Å². The van der Waals surface area contributed by atoms with Gasteiger partial charge in [0.15, 0.2) is 0 Å². The summed E-state index contributed by atoms with van der Waals surface area (Å²) < 4.78 is 0. The molecule has 0 aromatic heterocycles. The number of rotatable bonds is 4. The highest BCUT2D eigenvalue weighted by Crippen LogP contribution is 2.31. The van der Waals surface area contributed by atoms with Gasteiger partial charge in [-0.2, -0.15) is 0 Å². The number of fused-ring (bicyclic) bond motifs is 1. The molecule has 3 aliphatic rings. The predicted octanol–water partition coefficient (Wildman–Crippen LogP) is 3.05. The lowest BCUT2D eigenvalue weighted by atomic mass is 9.84. The summed E-state index contributed by atoms with van der Waals surface area (Å²) in [6.07, 6.45) is 10.7. The largest absolute Gasteiger partial charge is 0.325 e. The number of nitrogens with one attached hydrogen (secondary N) is 2. The highest BCUT2D eigenvalue weighted by atomic mass is 15.4. The fraction of sp³-hybridized carbons (Fsp3) is 0.500. The van der Waals surface area contributed by atoms with Gasteiger partial charge in [-0.15, -0.1) is 0 Å². The van der Waals surface area contributed by atoms with Crippen LogP contribution >= 0.6 is 0 Å². The van der Waals surface area contributed by atoms with Crippen molar-refractivity contribution in [2.45, 2.75) is 25.2 Å². The van der Waals surface area contributed by atoms with Crippen LogP contribution in [0.5, 0.6) is 0 Å². The molecule has 2 N–H and O–H groups in total. The Labute approximate surface area is 139 Å². The minimum atomic E-state index is 0.654. The second-order valence-electron chi connectivity index (χ2n) is 7.10. The number of benzene rings is 1. The molecule has 122 valence electrons. The molecule has 0 amide bonds. The number of hydrazine groups is 1. The molecule has 1 aromatic carbocycles. The maximum Gasteiger partial charge on any atom is 0.0311 e. The third kappa shape index (κ3) is 3.36. The van der Waals surface area contributed by atoms with Crippen LogP contribution in [0.25, 0.3) is 0 Å². The van der Waals surface area contributed by atoms with Crippen molar-refractivity contribution in [2.24, 2.45) is 11.8 Å². The Morgan fingerprint density at radius 3 is 2.74 bits per heavy atom. The van der Waals surface area contributed by atoms with Gasteiger partial charge in [0.05, 0.1) is 0 Å². The average Bonchev–Trinajstić information content (AvgIpc) is 3.10. The molecule has 2 saturated heterocycles. The van der Waals surface area contributed by atoms with Gasteiger partial charge in [0, 0.05) is 18.2 Å². The normalized spacial score (nSPS) is 28.3. The zero-order chi connectivity index (χ0) is 15.5. The number of allylic oxidation sites excluding steroid dienone is 3. The smallest absolute Gasteiger partial charge is 0.0311 e. The van der Waals surface area contributed by atoms with Crippen LogP contribution in [0.4, 0.5) is 0 Å². The quantitative estimate of drug-likeness (QED) is 0.895. The molecule has 3 heteroatoms. The van der Waals surface area contributed by atoms with Crippen molar-refractivity contribution in [2.75, 3.05) is 26.2 Å². The zero-order valence-electron chi connectivity index (χ0n) is 13.7. The van der Waals surface area contributed by atoms with Gasteiger partial charge in [0.1, 0.15) is 0 Å². The van der Waals surface area contributed by atoms with Crippen molar-refractivity contribution in [3.05, 3.63) is 59.8 Å². The van der Waals surface area contributed by atoms with E-state index in [1.807, 2.05) is 0 Å². The molecule has 2 unspecified atom stereocenters. The van der Waals surface area contributed by atoms with Gasteiger partial charge in [-0.05, 0) is 62.4 Å². The molecule has 1 aliphatic carbocycles. The third-order valence-corrected chi connectivity index (χ3v) is 5.74. The molecule has 1 aromatic rings. The van der Waals surface area contributed by atoms with E-state index in [-0.39, 0.29) is 0 Å². The number of hydrogen-bond donors (Lipinski definition) is 2. The Morgan fingerprint density at radius 2 is 1.91 bits per heavy atom. The van der Waals surface area contributed by atoms with Crippen LogP contribution in [0.3, 0.4) is 0 Å². The van der Waals surface area contributed by atoms with Crippen molar-refractivity contribution in [1.82, 2.24) is 15.8 Å². The topological polar surface area (TPSA) is 27.3 Å². The SMILES string of the molecule is C1=CC(CCN2CCC(c3ccccc3)CC2)C2CNNC2=C1. The fourth-order valence-corrected chi connectivity index (χ4v) is 4.29. The lowest BCUT2D eigenvalue weighted by Gasteiger charge is -2.33. The Kier molecular flexibility index (Phi) is 4.49. The molecular weight excluding hydrogens is 282 g/mol. The van der Waals surface area contributed by atoms with Gasteiger partial charge >= 0.3 is 0 Å². The summed E-state index contributed by atoms with van der Waals surface area (Å²) in [6.45, 7) is 4.80. The number of piperidine rings is 1. The van der Waals surface area contributed by atoms with Gasteiger partial charge in [-0.1, -0.05) is 42.5 Å². The van der Waals surface area contributed by atoms with E-state index < -0.39 is 0 Å². The molecule has 0 bridgehead atoms. The van der Waals surface area contributed by atoms with Crippen LogP contribution in [0, 0.1) is 11.8 Å². The molecule has 2 fully saturated rings. The number of nitrogens with zero attached hydrogens (tertiary/aromatic N) is 1. The van der Waals surface area contributed by atoms with Crippen molar-refractivity contribution in [3.63, 3.8) is 0 Å². The van der Waals surface area contributed by atoms with Crippen LogP contribution in [-0.4, -0.2) is 31.1 Å². The minimum Gasteiger partial charge on any atom is -0.325 e. The first-order chi connectivity index (χ1) is 11.4. The van der Waals surface area contributed by atoms with Crippen LogP contribution in [0.1, 0.15) is 30.7 Å². The fourth-order valence-electron chi connectivity index (χ4n) is 4.29. The highest BCUT2D eigenvalue weighted by molar-refractivity contribution is 5.24. The van der Waals surface area contributed by atoms with Gasteiger partial charge in [-0.25, -0.2) is 5.43 Å². The number of likely N-dealkylation sites (tertiary alicyclic amines) is 1. The van der Waals surface area contributed by atoms with Gasteiger partial charge in [0.2, 0.25) is 0 Å². The molecule has 23 heavy (non-hydrogen) atoms. The summed E-state index contributed by atoms with van der Waals surface area (Å²) in [7, 11) is 0. The van der Waals surface area contributed by atoms with E-state index in [0.29, 0.717) is 11.8 Å². The standard InChI is InChI=1S/C20H27N3/c1-2-5-16(6-3-1)17-9-12-23(13-10-17)14-11-18-7-4-8-20-19(18)15-21-22-20/h1-8,17-19,21-22H,9-15H2. The van der Waals surface area contributed by atoms with Gasteiger partial charge in [0.25, 0.3) is 0 Å². The van der Waals surface area contributed by atoms with E-state index in [2.05, 4.69) is 64.3 Å². The number of hydrogen-bond acceptors (Lipinski definition) is 3. The second kappa shape index (κ2) is 6.90. The summed E-state index contributed by atoms with van der Waals surface area (Å²) in [4.78, 5) is 2.67. The summed E-state index contributed by atoms with van der Waals surface area (Å²) in [5.41, 5.74) is 9.48. The molecule has 2 atom stereocenters. The van der Waals surface area contributed by atoms with E-state index in [4.69, 9.17) is 0 Å². The minimum absolute atomic E-state index is 0.654. The molecular formula is C20H27N3. The van der Waals surface area contributed by atoms with E-state index >= 15 is 0 Å². The Balaban J connectivity index is 1.26. The van der Waals surface area contributed by atoms with E-state index in [1.165, 1.54) is 50.2 Å². The Bertz CT molecular complexity index is 570. The van der Waals surface area contributed by atoms with Crippen LogP contribution in [0.2, 0.25) is 0 Å². The average molecular weight is 309 g/mol. The van der Waals surface area contributed by atoms with Crippen molar-refractivity contribution >= 4 is 0 Å². The van der Waals surface area contributed by atoms with Gasteiger partial charge in [-0.3, -0.25) is 0 Å². The lowest BCUT2D eigenvalue weighted by molar-refractivity contribution is 0.198. The first-order valence-corrected chi connectivity index (χ1v) is 9.05. The van der Waals surface area contributed by atoms with Crippen molar-refractivity contribution in [3.8, 4) is 0 Å². The molecule has 2 aliphatic heterocycles. The first kappa shape index (κ1) is 15.0. The summed E-state index contributed by atoms with van der Waals surface area (Å²) in [6, 6.07) is 11.0. The van der Waals surface area contributed by atoms with Gasteiger partial charge < -0.3 is 10.3 Å². The lowest BCUT2D eigenvalue weighted by Crippen LogP contribution is -2.35. The maximum atomic E-state index is 3.30. The maximum absolute atomic E-state index is 3.30. The molecule has 0 saturated carbocycles. The predicted molar refractivity (Wildman–Crippen MR) is 94.8 cm³/mol. The van der Waals surface area contributed by atoms with Crippen LogP contribution < -0.4 is 10.9 Å². The van der Waals surface area contributed by atoms with E-state index in [9.17, 15) is 0 Å². The monoisotopic (exact) mass is 309 g/mol. The molecule has 3 nitrogen and oxygen atoms in total.